The van der Waals surface area contributed by atoms with Crippen LogP contribution in [0.4, 0.5) is 4.79 Å². The van der Waals surface area contributed by atoms with Crippen molar-refractivity contribution in [2.75, 3.05) is 7.11 Å². The molecule has 1 unspecified atom stereocenters. The molecule has 5 heteroatoms. The standard InChI is InChI=1S/C11H22N2O3/c1-6-7-11(4,9(14)16-5)13-10(15)12-8(2)3/h8H,6-7H2,1-5H3,(H2,12,13,15). The van der Waals surface area contributed by atoms with Gasteiger partial charge in [-0.05, 0) is 27.2 Å². The fraction of sp³-hybridized carbons (Fsp3) is 0.818. The molecular weight excluding hydrogens is 208 g/mol. The molecular formula is C11H22N2O3. The van der Waals surface area contributed by atoms with Gasteiger partial charge in [-0.2, -0.15) is 0 Å². The number of carbonyl (C=O) groups is 2. The summed E-state index contributed by atoms with van der Waals surface area (Å²) in [5.41, 5.74) is -0.956. The van der Waals surface area contributed by atoms with E-state index in [9.17, 15) is 9.59 Å². The van der Waals surface area contributed by atoms with E-state index in [1.165, 1.54) is 7.11 Å². The van der Waals surface area contributed by atoms with E-state index in [4.69, 9.17) is 4.74 Å². The Bertz CT molecular complexity index is 254. The van der Waals surface area contributed by atoms with Gasteiger partial charge in [0.05, 0.1) is 7.11 Å². The molecule has 0 aliphatic carbocycles. The van der Waals surface area contributed by atoms with Crippen LogP contribution in [0.15, 0.2) is 0 Å². The smallest absolute Gasteiger partial charge is 0.331 e. The van der Waals surface area contributed by atoms with Crippen LogP contribution in [-0.4, -0.2) is 30.7 Å². The minimum atomic E-state index is -0.956. The zero-order valence-corrected chi connectivity index (χ0v) is 10.7. The molecule has 0 aromatic carbocycles. The summed E-state index contributed by atoms with van der Waals surface area (Å²) >= 11 is 0. The molecule has 94 valence electrons. The first-order valence-corrected chi connectivity index (χ1v) is 5.52. The van der Waals surface area contributed by atoms with Crippen molar-refractivity contribution in [2.45, 2.75) is 52.1 Å². The Morgan fingerprint density at radius 2 is 1.94 bits per heavy atom. The van der Waals surface area contributed by atoms with Crippen molar-refractivity contribution in [1.29, 1.82) is 0 Å². The SMILES string of the molecule is CCCC(C)(NC(=O)NC(C)C)C(=O)OC. The molecule has 16 heavy (non-hydrogen) atoms. The minimum absolute atomic E-state index is 0.0310. The maximum Gasteiger partial charge on any atom is 0.331 e. The summed E-state index contributed by atoms with van der Waals surface area (Å²) in [5.74, 6) is -0.423. The van der Waals surface area contributed by atoms with Crippen LogP contribution >= 0.6 is 0 Å². The molecule has 0 aliphatic heterocycles. The normalized spacial score (nSPS) is 14.1. The Kier molecular flexibility index (Phi) is 5.85. The molecule has 5 nitrogen and oxygen atoms in total. The van der Waals surface area contributed by atoms with Gasteiger partial charge in [-0.25, -0.2) is 9.59 Å². The number of urea groups is 1. The lowest BCUT2D eigenvalue weighted by Gasteiger charge is -2.28. The van der Waals surface area contributed by atoms with Crippen molar-refractivity contribution < 1.29 is 14.3 Å². The fourth-order valence-electron chi connectivity index (χ4n) is 1.49. The van der Waals surface area contributed by atoms with E-state index >= 15 is 0 Å². The lowest BCUT2D eigenvalue weighted by atomic mass is 9.96. The summed E-state index contributed by atoms with van der Waals surface area (Å²) in [7, 11) is 1.32. The van der Waals surface area contributed by atoms with Gasteiger partial charge >= 0.3 is 12.0 Å². The van der Waals surface area contributed by atoms with E-state index in [1.54, 1.807) is 6.92 Å². The highest BCUT2D eigenvalue weighted by Crippen LogP contribution is 2.14. The third kappa shape index (κ3) is 4.51. The highest BCUT2D eigenvalue weighted by Gasteiger charge is 2.35. The Morgan fingerprint density at radius 1 is 1.38 bits per heavy atom. The third-order valence-electron chi connectivity index (χ3n) is 2.20. The summed E-state index contributed by atoms with van der Waals surface area (Å²) in [4.78, 5) is 23.1. The van der Waals surface area contributed by atoms with E-state index in [-0.39, 0.29) is 12.1 Å². The Hall–Kier alpha value is -1.26. The minimum Gasteiger partial charge on any atom is -0.467 e. The van der Waals surface area contributed by atoms with Gasteiger partial charge in [0, 0.05) is 6.04 Å². The van der Waals surface area contributed by atoms with E-state index in [1.807, 2.05) is 20.8 Å². The molecule has 0 aromatic rings. The van der Waals surface area contributed by atoms with Crippen molar-refractivity contribution in [3.8, 4) is 0 Å². The number of amides is 2. The fourth-order valence-corrected chi connectivity index (χ4v) is 1.49. The molecule has 0 saturated carbocycles. The molecule has 2 N–H and O–H groups in total. The van der Waals surface area contributed by atoms with E-state index in [2.05, 4.69) is 10.6 Å². The summed E-state index contributed by atoms with van der Waals surface area (Å²) in [5, 5.41) is 5.33. The van der Waals surface area contributed by atoms with Crippen LogP contribution in [0.3, 0.4) is 0 Å². The molecule has 1 atom stereocenters. The van der Waals surface area contributed by atoms with Gasteiger partial charge in [-0.15, -0.1) is 0 Å². The lowest BCUT2D eigenvalue weighted by molar-refractivity contribution is -0.147. The van der Waals surface area contributed by atoms with Crippen molar-refractivity contribution >= 4 is 12.0 Å². The van der Waals surface area contributed by atoms with Gasteiger partial charge in [0.15, 0.2) is 0 Å². The second-order valence-corrected chi connectivity index (χ2v) is 4.33. The van der Waals surface area contributed by atoms with Gasteiger partial charge in [0.25, 0.3) is 0 Å². The summed E-state index contributed by atoms with van der Waals surface area (Å²) < 4.78 is 4.69. The number of methoxy groups -OCH3 is 1. The van der Waals surface area contributed by atoms with Crippen LogP contribution in [0.5, 0.6) is 0 Å². The molecule has 0 heterocycles. The average molecular weight is 230 g/mol. The molecule has 0 bridgehead atoms. The van der Waals surface area contributed by atoms with Gasteiger partial charge in [-0.1, -0.05) is 13.3 Å². The quantitative estimate of drug-likeness (QED) is 0.702. The maximum absolute atomic E-state index is 11.6. The predicted octanol–water partition coefficient (Wildman–Crippen LogP) is 1.43. The number of nitrogens with one attached hydrogen (secondary N) is 2. The summed E-state index contributed by atoms with van der Waals surface area (Å²) in [6, 6.07) is -0.320. The van der Waals surface area contributed by atoms with Gasteiger partial charge in [0.1, 0.15) is 5.54 Å². The first kappa shape index (κ1) is 14.7. The molecule has 0 radical (unpaired) electrons. The van der Waals surface area contributed by atoms with Crippen LogP contribution in [0, 0.1) is 0 Å². The number of esters is 1. The number of hydrogen-bond donors (Lipinski definition) is 2. The number of hydrogen-bond acceptors (Lipinski definition) is 3. The van der Waals surface area contributed by atoms with Gasteiger partial charge in [-0.3, -0.25) is 0 Å². The second-order valence-electron chi connectivity index (χ2n) is 4.33. The highest BCUT2D eigenvalue weighted by molar-refractivity contribution is 5.87. The zero-order chi connectivity index (χ0) is 12.8. The van der Waals surface area contributed by atoms with Crippen molar-refractivity contribution in [3.63, 3.8) is 0 Å². The average Bonchev–Trinajstić information content (AvgIpc) is 2.15. The number of carbonyl (C=O) groups excluding carboxylic acids is 2. The Morgan fingerprint density at radius 3 is 2.31 bits per heavy atom. The molecule has 0 rings (SSSR count). The van der Waals surface area contributed by atoms with Crippen LogP contribution in [-0.2, 0) is 9.53 Å². The number of rotatable bonds is 5. The third-order valence-corrected chi connectivity index (χ3v) is 2.20. The van der Waals surface area contributed by atoms with E-state index in [0.29, 0.717) is 6.42 Å². The van der Waals surface area contributed by atoms with E-state index < -0.39 is 11.5 Å². The second kappa shape index (κ2) is 6.35. The van der Waals surface area contributed by atoms with Crippen LogP contribution in [0.1, 0.15) is 40.5 Å². The van der Waals surface area contributed by atoms with Crippen LogP contribution < -0.4 is 10.6 Å². The predicted molar refractivity (Wildman–Crippen MR) is 62.1 cm³/mol. The summed E-state index contributed by atoms with van der Waals surface area (Å²) in [6.45, 7) is 7.33. The topological polar surface area (TPSA) is 67.4 Å². The Labute approximate surface area is 96.9 Å². The van der Waals surface area contributed by atoms with Crippen molar-refractivity contribution in [2.24, 2.45) is 0 Å². The van der Waals surface area contributed by atoms with Crippen molar-refractivity contribution in [1.82, 2.24) is 10.6 Å². The zero-order valence-electron chi connectivity index (χ0n) is 10.7. The van der Waals surface area contributed by atoms with Gasteiger partial charge < -0.3 is 15.4 Å². The first-order chi connectivity index (χ1) is 7.35. The largest absolute Gasteiger partial charge is 0.467 e. The molecule has 0 saturated heterocycles. The van der Waals surface area contributed by atoms with Crippen LogP contribution in [0.2, 0.25) is 0 Å². The molecule has 0 aromatic heterocycles. The molecule has 2 amide bonds. The van der Waals surface area contributed by atoms with E-state index in [0.717, 1.165) is 6.42 Å². The monoisotopic (exact) mass is 230 g/mol. The Balaban J connectivity index is 4.55. The van der Waals surface area contributed by atoms with Crippen molar-refractivity contribution in [3.05, 3.63) is 0 Å². The molecule has 0 spiro atoms. The summed E-state index contributed by atoms with van der Waals surface area (Å²) in [6.07, 6.45) is 1.33. The lowest BCUT2D eigenvalue weighted by Crippen LogP contribution is -2.56. The highest BCUT2D eigenvalue weighted by atomic mass is 16.5. The van der Waals surface area contributed by atoms with Crippen LogP contribution in [0.25, 0.3) is 0 Å². The number of ether oxygens (including phenoxy) is 1. The molecule has 0 aliphatic rings. The first-order valence-electron chi connectivity index (χ1n) is 5.52. The maximum atomic E-state index is 11.6. The molecule has 0 fully saturated rings. The van der Waals surface area contributed by atoms with Gasteiger partial charge in [0.2, 0.25) is 0 Å².